The Hall–Kier alpha value is -1.85. The smallest absolute Gasteiger partial charge is 0.263 e. The third kappa shape index (κ3) is 3.05. The van der Waals surface area contributed by atoms with Gasteiger partial charge in [0.2, 0.25) is 0 Å². The summed E-state index contributed by atoms with van der Waals surface area (Å²) in [5, 5.41) is 6.61. The number of nitrogens with zero attached hydrogens (tertiary/aromatic N) is 2. The van der Waals surface area contributed by atoms with Crippen molar-refractivity contribution in [2.24, 2.45) is 0 Å². The first-order valence-corrected chi connectivity index (χ1v) is 4.99. The average molecular weight is 241 g/mol. The summed E-state index contributed by atoms with van der Waals surface area (Å²) in [4.78, 5) is 4.10. The number of aryl methyl sites for hydroxylation is 1. The zero-order chi connectivity index (χ0) is 12.5. The Labute approximate surface area is 95.7 Å². The highest BCUT2D eigenvalue weighted by molar-refractivity contribution is 5.54. The van der Waals surface area contributed by atoms with Gasteiger partial charge in [0.05, 0.1) is 6.42 Å². The molecule has 1 N–H and O–H groups in total. The Morgan fingerprint density at radius 2 is 1.82 bits per heavy atom. The number of nitrogens with one attached hydrogen (secondary N) is 1. The van der Waals surface area contributed by atoms with E-state index in [1.807, 2.05) is 0 Å². The lowest BCUT2D eigenvalue weighted by atomic mass is 10.1. The lowest BCUT2D eigenvalue weighted by Crippen LogP contribution is -2.11. The van der Waals surface area contributed by atoms with Crippen molar-refractivity contribution in [2.75, 3.05) is 0 Å². The van der Waals surface area contributed by atoms with Crippen LogP contribution in [0.3, 0.4) is 0 Å². The Bertz CT molecular complexity index is 499. The molecule has 6 heteroatoms. The van der Waals surface area contributed by atoms with E-state index in [9.17, 15) is 13.2 Å². The van der Waals surface area contributed by atoms with Gasteiger partial charge in [-0.2, -0.15) is 18.3 Å². The van der Waals surface area contributed by atoms with Gasteiger partial charge in [-0.15, -0.1) is 0 Å². The van der Waals surface area contributed by atoms with Gasteiger partial charge in [0.15, 0.2) is 5.82 Å². The summed E-state index contributed by atoms with van der Waals surface area (Å²) in [5.41, 5.74) is 0.925. The highest BCUT2D eigenvalue weighted by Crippen LogP contribution is 2.23. The molecule has 0 spiro atoms. The Morgan fingerprint density at radius 1 is 1.18 bits per heavy atom. The molecule has 0 aliphatic heterocycles. The number of aromatic nitrogens is 3. The first-order chi connectivity index (χ1) is 7.94. The van der Waals surface area contributed by atoms with Crippen molar-refractivity contribution in [2.45, 2.75) is 19.5 Å². The summed E-state index contributed by atoms with van der Waals surface area (Å²) in [7, 11) is 0. The first-order valence-electron chi connectivity index (χ1n) is 4.99. The van der Waals surface area contributed by atoms with E-state index in [0.717, 1.165) is 0 Å². The van der Waals surface area contributed by atoms with Crippen molar-refractivity contribution >= 4 is 0 Å². The molecular weight excluding hydrogens is 231 g/mol. The zero-order valence-corrected chi connectivity index (χ0v) is 9.04. The van der Waals surface area contributed by atoms with Crippen molar-refractivity contribution in [3.8, 4) is 11.4 Å². The summed E-state index contributed by atoms with van der Waals surface area (Å²) < 4.78 is 36.4. The van der Waals surface area contributed by atoms with E-state index in [1.165, 1.54) is 12.1 Å². The Balaban J connectivity index is 2.19. The molecule has 0 aliphatic rings. The van der Waals surface area contributed by atoms with Crippen molar-refractivity contribution in [1.82, 2.24) is 15.2 Å². The number of rotatable bonds is 2. The van der Waals surface area contributed by atoms with E-state index in [1.54, 1.807) is 19.1 Å². The van der Waals surface area contributed by atoms with Gasteiger partial charge in [0.1, 0.15) is 5.82 Å². The highest BCUT2D eigenvalue weighted by atomic mass is 19.4. The molecule has 0 saturated heterocycles. The van der Waals surface area contributed by atoms with Crippen LogP contribution in [0.2, 0.25) is 0 Å². The second kappa shape index (κ2) is 4.20. The van der Waals surface area contributed by atoms with E-state index >= 15 is 0 Å². The van der Waals surface area contributed by atoms with Gasteiger partial charge in [-0.05, 0) is 12.5 Å². The van der Waals surface area contributed by atoms with E-state index < -0.39 is 12.6 Å². The monoisotopic (exact) mass is 241 g/mol. The minimum absolute atomic E-state index is 0.230. The van der Waals surface area contributed by atoms with Crippen LogP contribution in [0.25, 0.3) is 11.4 Å². The molecule has 0 aliphatic carbocycles. The molecule has 1 heterocycles. The molecular formula is C11H10F3N3. The van der Waals surface area contributed by atoms with Crippen molar-refractivity contribution in [3.05, 3.63) is 35.7 Å². The van der Waals surface area contributed by atoms with Gasteiger partial charge in [-0.1, -0.05) is 24.3 Å². The second-order valence-corrected chi connectivity index (χ2v) is 3.73. The predicted molar refractivity (Wildman–Crippen MR) is 56.3 cm³/mol. The number of hydrogen-bond acceptors (Lipinski definition) is 2. The van der Waals surface area contributed by atoms with E-state index in [2.05, 4.69) is 15.2 Å². The molecule has 1 aromatic carbocycles. The Morgan fingerprint density at radius 3 is 2.29 bits per heavy atom. The van der Waals surface area contributed by atoms with Gasteiger partial charge in [-0.3, -0.25) is 5.10 Å². The number of aromatic amines is 1. The van der Waals surface area contributed by atoms with Crippen LogP contribution in [0, 0.1) is 6.92 Å². The van der Waals surface area contributed by atoms with Crippen molar-refractivity contribution in [3.63, 3.8) is 0 Å². The van der Waals surface area contributed by atoms with Gasteiger partial charge < -0.3 is 0 Å². The van der Waals surface area contributed by atoms with Crippen LogP contribution in [0.1, 0.15) is 11.4 Å². The molecule has 2 aromatic rings. The largest absolute Gasteiger partial charge is 0.393 e. The number of benzene rings is 1. The SMILES string of the molecule is Cc1nc(-c2ccc(CC(F)(F)F)cc2)n[nH]1. The van der Waals surface area contributed by atoms with Crippen LogP contribution in [0.5, 0.6) is 0 Å². The molecule has 2 rings (SSSR count). The summed E-state index contributed by atoms with van der Waals surface area (Å²) in [6.45, 7) is 1.76. The summed E-state index contributed by atoms with van der Waals surface area (Å²) in [6.07, 6.45) is -5.09. The molecule has 17 heavy (non-hydrogen) atoms. The van der Waals surface area contributed by atoms with Gasteiger partial charge in [-0.25, -0.2) is 4.98 Å². The minimum atomic E-state index is -4.18. The summed E-state index contributed by atoms with van der Waals surface area (Å²) in [6, 6.07) is 6.05. The summed E-state index contributed by atoms with van der Waals surface area (Å²) in [5.74, 6) is 1.15. The van der Waals surface area contributed by atoms with Crippen LogP contribution in [-0.2, 0) is 6.42 Å². The molecule has 3 nitrogen and oxygen atoms in total. The summed E-state index contributed by atoms with van der Waals surface area (Å²) >= 11 is 0. The average Bonchev–Trinajstić information content (AvgIpc) is 2.63. The standard InChI is InChI=1S/C11H10F3N3/c1-7-15-10(17-16-7)9-4-2-8(3-5-9)6-11(12,13)14/h2-5H,6H2,1H3,(H,15,16,17). The topological polar surface area (TPSA) is 41.6 Å². The normalized spacial score (nSPS) is 11.8. The lowest BCUT2D eigenvalue weighted by molar-refractivity contribution is -0.127. The quantitative estimate of drug-likeness (QED) is 0.878. The second-order valence-electron chi connectivity index (χ2n) is 3.73. The molecule has 90 valence electrons. The van der Waals surface area contributed by atoms with Crippen LogP contribution in [0.15, 0.2) is 24.3 Å². The van der Waals surface area contributed by atoms with Crippen LogP contribution in [0.4, 0.5) is 13.2 Å². The van der Waals surface area contributed by atoms with Gasteiger partial charge >= 0.3 is 6.18 Å². The lowest BCUT2D eigenvalue weighted by Gasteiger charge is -2.06. The maximum absolute atomic E-state index is 12.1. The number of H-pyrrole nitrogens is 1. The molecule has 0 amide bonds. The van der Waals surface area contributed by atoms with Crippen LogP contribution < -0.4 is 0 Å². The fourth-order valence-electron chi connectivity index (χ4n) is 1.47. The predicted octanol–water partition coefficient (Wildman–Crippen LogP) is 2.88. The molecule has 1 aromatic heterocycles. The Kier molecular flexibility index (Phi) is 2.87. The van der Waals surface area contributed by atoms with E-state index in [-0.39, 0.29) is 5.56 Å². The maximum atomic E-state index is 12.1. The van der Waals surface area contributed by atoms with Crippen molar-refractivity contribution in [1.29, 1.82) is 0 Å². The highest BCUT2D eigenvalue weighted by Gasteiger charge is 2.27. The maximum Gasteiger partial charge on any atom is 0.393 e. The van der Waals surface area contributed by atoms with E-state index in [4.69, 9.17) is 0 Å². The van der Waals surface area contributed by atoms with Crippen molar-refractivity contribution < 1.29 is 13.2 Å². The van der Waals surface area contributed by atoms with Crippen LogP contribution in [-0.4, -0.2) is 21.4 Å². The molecule has 0 radical (unpaired) electrons. The molecule has 0 unspecified atom stereocenters. The first kappa shape index (κ1) is 11.6. The molecule has 0 fully saturated rings. The third-order valence-electron chi connectivity index (χ3n) is 2.21. The zero-order valence-electron chi connectivity index (χ0n) is 9.04. The third-order valence-corrected chi connectivity index (χ3v) is 2.21. The van der Waals surface area contributed by atoms with E-state index in [0.29, 0.717) is 17.2 Å². The van der Waals surface area contributed by atoms with Gasteiger partial charge in [0.25, 0.3) is 0 Å². The number of alkyl halides is 3. The number of hydrogen-bond donors (Lipinski definition) is 1. The molecule has 0 saturated carbocycles. The minimum Gasteiger partial charge on any atom is -0.263 e. The number of halogens is 3. The molecule has 0 atom stereocenters. The fourth-order valence-corrected chi connectivity index (χ4v) is 1.47. The van der Waals surface area contributed by atoms with Gasteiger partial charge in [0, 0.05) is 5.56 Å². The fraction of sp³-hybridized carbons (Fsp3) is 0.273. The molecule has 0 bridgehead atoms. The van der Waals surface area contributed by atoms with Crippen LogP contribution >= 0.6 is 0 Å².